The minimum atomic E-state index is -0.383. The van der Waals surface area contributed by atoms with Crippen LogP contribution in [0.15, 0.2) is 400 Å². The molecule has 0 unspecified atom stereocenters. The number of fused-ring (bicyclic) bond motifs is 20. The van der Waals surface area contributed by atoms with Gasteiger partial charge in [0.2, 0.25) is 0 Å². The molecule has 0 spiro atoms. The number of aromatic nitrogens is 2. The quantitative estimate of drug-likeness (QED) is 0.100. The van der Waals surface area contributed by atoms with Crippen LogP contribution in [0.2, 0.25) is 0 Å². The van der Waals surface area contributed by atoms with E-state index in [1.807, 2.05) is 0 Å². The monoisotopic (exact) mass is 1460 g/mol. The summed E-state index contributed by atoms with van der Waals surface area (Å²) in [5.41, 5.74) is 31.5. The van der Waals surface area contributed by atoms with Gasteiger partial charge in [-0.1, -0.05) is 348 Å². The largest absolute Gasteiger partial charge is 0.310 e. The van der Waals surface area contributed by atoms with Crippen molar-refractivity contribution in [1.29, 1.82) is 0 Å². The fourth-order valence-electron chi connectivity index (χ4n) is 19.6. The molecule has 2 aromatic heterocycles. The molecule has 0 atom stereocenters. The SMILES string of the molecule is CC(C)(C)c1cc2c3c(c1)N(c1c(-c4ccccc4)cc(-c4ccccc4)cc1-c1ccccc1)c1cc(-n4c5ccccc5c5c6ccccc6c6ccccc6c54)ccc1B3c1ccc(-n3c4ccccc4c4c5ccccc5c5ccccc5c43)cc1N2c1c(-c2ccccc2)cc(-c2ccccc2)cc1-c1ccccc1. The summed E-state index contributed by atoms with van der Waals surface area (Å²) in [4.78, 5) is 5.48. The Morgan fingerprint density at radius 2 is 0.504 bits per heavy atom. The number of hydrogen-bond acceptors (Lipinski definition) is 2. The van der Waals surface area contributed by atoms with Gasteiger partial charge in [0.15, 0.2) is 0 Å². The summed E-state index contributed by atoms with van der Waals surface area (Å²) in [6, 6.07) is 151. The maximum absolute atomic E-state index is 2.74. The predicted molar refractivity (Wildman–Crippen MR) is 490 cm³/mol. The highest BCUT2D eigenvalue weighted by Crippen LogP contribution is 2.57. The van der Waals surface area contributed by atoms with Crippen LogP contribution in [0.5, 0.6) is 0 Å². The smallest absolute Gasteiger partial charge is 0.252 e. The first kappa shape index (κ1) is 66.3. The van der Waals surface area contributed by atoms with Crippen molar-refractivity contribution >= 4 is 144 Å². The highest BCUT2D eigenvalue weighted by Gasteiger charge is 2.47. The number of nitrogens with zero attached hydrogens (tertiary/aromatic N) is 4. The molecule has 0 aliphatic carbocycles. The third kappa shape index (κ3) is 10.3. The molecule has 21 aromatic rings. The van der Waals surface area contributed by atoms with E-state index in [4.69, 9.17) is 0 Å². The van der Waals surface area contributed by atoms with Gasteiger partial charge in [0.1, 0.15) is 0 Å². The topological polar surface area (TPSA) is 16.3 Å². The summed E-state index contributed by atoms with van der Waals surface area (Å²) < 4.78 is 5.19. The van der Waals surface area contributed by atoms with E-state index in [1.54, 1.807) is 0 Å². The van der Waals surface area contributed by atoms with Gasteiger partial charge in [-0.05, 0) is 177 Å². The number of benzene rings is 19. The van der Waals surface area contributed by atoms with E-state index in [2.05, 4.69) is 440 Å². The summed E-state index contributed by atoms with van der Waals surface area (Å²) in [5, 5.41) is 14.8. The Hall–Kier alpha value is -14.5. The van der Waals surface area contributed by atoms with Crippen LogP contribution >= 0.6 is 0 Å². The normalized spacial score (nSPS) is 12.6. The fourth-order valence-corrected chi connectivity index (χ4v) is 19.6. The molecule has 0 amide bonds. The number of rotatable bonds is 10. The number of para-hydroxylation sites is 2. The molecule has 5 heteroatoms. The van der Waals surface area contributed by atoms with Crippen molar-refractivity contribution in [3.63, 3.8) is 0 Å². The third-order valence-electron chi connectivity index (χ3n) is 24.7. The Kier molecular flexibility index (Phi) is 15.0. The lowest BCUT2D eigenvalue weighted by Crippen LogP contribution is -2.61. The second-order valence-corrected chi connectivity index (χ2v) is 32.1. The van der Waals surface area contributed by atoms with Gasteiger partial charge < -0.3 is 18.9 Å². The Bertz CT molecular complexity index is 6990. The van der Waals surface area contributed by atoms with Crippen molar-refractivity contribution in [2.45, 2.75) is 26.2 Å². The molecule has 0 bridgehead atoms. The van der Waals surface area contributed by atoms with Crippen molar-refractivity contribution in [1.82, 2.24) is 9.13 Å². The van der Waals surface area contributed by atoms with Gasteiger partial charge in [-0.15, -0.1) is 0 Å². The zero-order valence-corrected chi connectivity index (χ0v) is 64.0. The number of hydrogen-bond donors (Lipinski definition) is 0. The van der Waals surface area contributed by atoms with E-state index >= 15 is 0 Å². The number of anilines is 6. The van der Waals surface area contributed by atoms with Crippen LogP contribution in [0, 0.1) is 0 Å². The summed E-state index contributed by atoms with van der Waals surface area (Å²) in [6.07, 6.45) is 0. The van der Waals surface area contributed by atoms with Gasteiger partial charge in [0.25, 0.3) is 6.71 Å². The molecule has 4 nitrogen and oxygen atoms in total. The summed E-state index contributed by atoms with van der Waals surface area (Å²) in [7, 11) is 0. The van der Waals surface area contributed by atoms with Crippen LogP contribution in [-0.2, 0) is 5.41 Å². The highest BCUT2D eigenvalue weighted by atomic mass is 15.2. The van der Waals surface area contributed by atoms with E-state index < -0.39 is 0 Å². The first-order chi connectivity index (χ1) is 56.8. The Balaban J connectivity index is 0.909. The first-order valence-corrected chi connectivity index (χ1v) is 40.2. The molecular weight excluding hydrogens is 1390 g/mol. The lowest BCUT2D eigenvalue weighted by Gasteiger charge is -2.46. The van der Waals surface area contributed by atoms with Gasteiger partial charge in [-0.2, -0.15) is 0 Å². The molecule has 23 rings (SSSR count). The predicted octanol–water partition coefficient (Wildman–Crippen LogP) is 27.9. The van der Waals surface area contributed by atoms with E-state index in [9.17, 15) is 0 Å². The van der Waals surface area contributed by atoms with Crippen molar-refractivity contribution in [2.24, 2.45) is 0 Å². The molecule has 0 radical (unpaired) electrons. The van der Waals surface area contributed by atoms with E-state index in [0.29, 0.717) is 0 Å². The molecule has 2 aliphatic rings. The van der Waals surface area contributed by atoms with Crippen LogP contribution in [0.3, 0.4) is 0 Å². The second kappa shape index (κ2) is 26.0. The molecular formula is C110H75BN4. The van der Waals surface area contributed by atoms with Crippen LogP contribution in [-0.4, -0.2) is 15.8 Å². The van der Waals surface area contributed by atoms with Gasteiger partial charge in [-0.3, -0.25) is 0 Å². The standard InChI is InChI=1S/C110H75BN4/c1-110(2,3)78-66-101-105-102(67-78)115(107-93(74-42-18-8-19-43-74)64-77(71-36-12-5-13-37-71)65-94(107)75-44-20-9-21-45-75)100-69-80(113-98-57-33-31-55-90(98)104-86-51-27-23-47-82(86)84-49-25-29-53-88(84)109(104)113)59-61-96(100)111(105)95-60-58-79(112-97-56-32-30-54-89(97)103-85-50-26-22-46-81(85)83-48-24-28-52-87(83)108(103)112)68-99(95)114(101)106-91(72-38-14-6-15-39-72)62-76(70-34-10-4-11-35-70)63-92(106)73-40-16-7-17-41-73/h4-69H,1-3H3. The average molecular weight is 1460 g/mol. The van der Waals surface area contributed by atoms with Crippen molar-refractivity contribution in [2.75, 3.05) is 9.80 Å². The Labute approximate surface area is 668 Å². The Morgan fingerprint density at radius 3 is 0.835 bits per heavy atom. The first-order valence-electron chi connectivity index (χ1n) is 40.2. The molecule has 0 fully saturated rings. The summed E-state index contributed by atoms with van der Waals surface area (Å²) in [6.45, 7) is 6.91. The van der Waals surface area contributed by atoms with Crippen molar-refractivity contribution < 1.29 is 0 Å². The third-order valence-corrected chi connectivity index (χ3v) is 24.7. The van der Waals surface area contributed by atoms with Gasteiger partial charge in [-0.25, -0.2) is 0 Å². The molecule has 4 heterocycles. The zero-order chi connectivity index (χ0) is 76.1. The lowest BCUT2D eigenvalue weighted by atomic mass is 9.33. The fraction of sp³-hybridized carbons (Fsp3) is 0.0364. The van der Waals surface area contributed by atoms with E-state index in [-0.39, 0.29) is 12.1 Å². The van der Waals surface area contributed by atoms with Crippen LogP contribution in [0.1, 0.15) is 26.3 Å². The molecule has 538 valence electrons. The van der Waals surface area contributed by atoms with Gasteiger partial charge >= 0.3 is 0 Å². The van der Waals surface area contributed by atoms with Crippen LogP contribution < -0.4 is 26.2 Å². The zero-order valence-electron chi connectivity index (χ0n) is 64.0. The summed E-state index contributed by atoms with van der Waals surface area (Å²) in [5.74, 6) is 0. The average Bonchev–Trinajstić information content (AvgIpc) is 0.802. The van der Waals surface area contributed by atoms with Crippen molar-refractivity contribution in [3.8, 4) is 78.1 Å². The minimum Gasteiger partial charge on any atom is -0.310 e. The molecule has 0 N–H and O–H groups in total. The Morgan fingerprint density at radius 1 is 0.226 bits per heavy atom. The van der Waals surface area contributed by atoms with Gasteiger partial charge in [0, 0.05) is 88.7 Å². The van der Waals surface area contributed by atoms with E-state index in [1.165, 1.54) is 97.6 Å². The molecule has 19 aromatic carbocycles. The molecule has 0 saturated carbocycles. The van der Waals surface area contributed by atoms with E-state index in [0.717, 1.165) is 123 Å². The minimum absolute atomic E-state index is 0.307. The maximum atomic E-state index is 2.74. The van der Waals surface area contributed by atoms with Crippen LogP contribution in [0.25, 0.3) is 165 Å². The second-order valence-electron chi connectivity index (χ2n) is 32.1. The maximum Gasteiger partial charge on any atom is 0.252 e. The van der Waals surface area contributed by atoms with Crippen molar-refractivity contribution in [3.05, 3.63) is 406 Å². The van der Waals surface area contributed by atoms with Gasteiger partial charge in [0.05, 0.1) is 33.4 Å². The molecule has 2 aliphatic heterocycles. The summed E-state index contributed by atoms with van der Waals surface area (Å²) >= 11 is 0. The molecule has 0 saturated heterocycles. The van der Waals surface area contributed by atoms with Crippen LogP contribution in [0.4, 0.5) is 34.1 Å². The lowest BCUT2D eigenvalue weighted by molar-refractivity contribution is 0.590. The molecule has 115 heavy (non-hydrogen) atoms. The highest BCUT2D eigenvalue weighted by molar-refractivity contribution is 7.00.